The zero-order chi connectivity index (χ0) is 15.8. The van der Waals surface area contributed by atoms with E-state index in [0.29, 0.717) is 11.4 Å². The van der Waals surface area contributed by atoms with Crippen LogP contribution in [0.15, 0.2) is 18.2 Å². The van der Waals surface area contributed by atoms with E-state index in [4.69, 9.17) is 10.2 Å². The molecule has 0 saturated carbocycles. The van der Waals surface area contributed by atoms with Crippen LogP contribution in [0.5, 0.6) is 0 Å². The van der Waals surface area contributed by atoms with E-state index in [9.17, 15) is 15.2 Å². The van der Waals surface area contributed by atoms with E-state index in [1.165, 1.54) is 6.07 Å². The maximum absolute atomic E-state index is 11.1. The number of aliphatic hydroxyl groups is 3. The predicted molar refractivity (Wildman–Crippen MR) is 86.9 cm³/mol. The molecule has 0 heterocycles. The lowest BCUT2D eigenvalue weighted by molar-refractivity contribution is -0.383. The van der Waals surface area contributed by atoms with Crippen molar-refractivity contribution >= 4 is 29.5 Å². The molecule has 0 aromatic heterocycles. The van der Waals surface area contributed by atoms with Crippen molar-refractivity contribution in [2.75, 3.05) is 43.1 Å². The fourth-order valence-electron chi connectivity index (χ4n) is 1.89. The summed E-state index contributed by atoms with van der Waals surface area (Å²) in [4.78, 5) is 12.3. The van der Waals surface area contributed by atoms with Crippen LogP contribution < -0.4 is 10.2 Å². The molecule has 0 saturated heterocycles. The number of nitrogens with one attached hydrogen (secondary N) is 1. The fraction of sp³-hybridized carbons (Fsp3) is 0.538. The molecule has 1 aromatic rings. The third-order valence-corrected chi connectivity index (χ3v) is 2.87. The minimum Gasteiger partial charge on any atom is -0.395 e. The Morgan fingerprint density at radius 3 is 2.36 bits per heavy atom. The molecular weight excluding hydrogens is 314 g/mol. The Morgan fingerprint density at radius 1 is 1.32 bits per heavy atom. The number of aliphatic hydroxyl groups excluding tert-OH is 3. The summed E-state index contributed by atoms with van der Waals surface area (Å²) in [6, 6.07) is 4.61. The fourth-order valence-corrected chi connectivity index (χ4v) is 1.89. The van der Waals surface area contributed by atoms with E-state index >= 15 is 0 Å². The van der Waals surface area contributed by atoms with Crippen LogP contribution >= 0.6 is 12.4 Å². The molecule has 1 rings (SSSR count). The summed E-state index contributed by atoms with van der Waals surface area (Å²) in [7, 11) is 0. The van der Waals surface area contributed by atoms with Crippen molar-refractivity contribution in [2.24, 2.45) is 0 Å². The molecule has 1 unspecified atom stereocenters. The van der Waals surface area contributed by atoms with E-state index in [2.05, 4.69) is 5.32 Å². The van der Waals surface area contributed by atoms with Crippen LogP contribution in [-0.2, 0) is 0 Å². The summed E-state index contributed by atoms with van der Waals surface area (Å²) in [5.74, 6) is 0. The van der Waals surface area contributed by atoms with E-state index in [1.807, 2.05) is 0 Å². The van der Waals surface area contributed by atoms with Crippen molar-refractivity contribution in [3.63, 3.8) is 0 Å². The first-order valence-electron chi connectivity index (χ1n) is 6.66. The van der Waals surface area contributed by atoms with E-state index in [0.717, 1.165) is 0 Å². The molecule has 0 spiro atoms. The Balaban J connectivity index is 0.00000441. The van der Waals surface area contributed by atoms with Crippen LogP contribution in [-0.4, -0.2) is 59.2 Å². The van der Waals surface area contributed by atoms with Crippen molar-refractivity contribution < 1.29 is 20.2 Å². The van der Waals surface area contributed by atoms with Crippen molar-refractivity contribution in [2.45, 2.75) is 13.0 Å². The molecule has 0 bridgehead atoms. The van der Waals surface area contributed by atoms with Crippen LogP contribution in [0.25, 0.3) is 0 Å². The van der Waals surface area contributed by atoms with Gasteiger partial charge in [0.25, 0.3) is 5.69 Å². The van der Waals surface area contributed by atoms with Crippen LogP contribution in [0.3, 0.4) is 0 Å². The SMILES string of the molecule is CC(O)CNc1ccc(N(CCO)CCO)cc1[N+](=O)[O-].Cl. The number of benzene rings is 1. The van der Waals surface area contributed by atoms with Crippen LogP contribution in [0, 0.1) is 10.1 Å². The molecule has 1 aromatic carbocycles. The zero-order valence-electron chi connectivity index (χ0n) is 12.3. The van der Waals surface area contributed by atoms with E-state index in [1.54, 1.807) is 24.0 Å². The van der Waals surface area contributed by atoms with Gasteiger partial charge in [-0.2, -0.15) is 0 Å². The predicted octanol–water partition coefficient (Wildman–Crippen LogP) is 0.600. The van der Waals surface area contributed by atoms with Crippen molar-refractivity contribution in [1.29, 1.82) is 0 Å². The first-order chi connectivity index (χ1) is 9.99. The van der Waals surface area contributed by atoms with E-state index < -0.39 is 11.0 Å². The molecule has 0 aliphatic rings. The minimum atomic E-state index is -0.621. The second-order valence-electron chi connectivity index (χ2n) is 4.62. The molecule has 0 fully saturated rings. The van der Waals surface area contributed by atoms with E-state index in [-0.39, 0.29) is 50.9 Å². The van der Waals surface area contributed by atoms with Gasteiger partial charge in [-0.05, 0) is 19.1 Å². The highest BCUT2D eigenvalue weighted by Crippen LogP contribution is 2.29. The largest absolute Gasteiger partial charge is 0.395 e. The van der Waals surface area contributed by atoms with Gasteiger partial charge in [-0.3, -0.25) is 10.1 Å². The summed E-state index contributed by atoms with van der Waals surface area (Å²) in [5, 5.41) is 41.2. The van der Waals surface area contributed by atoms with Gasteiger partial charge in [0.2, 0.25) is 0 Å². The molecule has 22 heavy (non-hydrogen) atoms. The number of halogens is 1. The summed E-state index contributed by atoms with van der Waals surface area (Å²) >= 11 is 0. The Morgan fingerprint density at radius 2 is 1.91 bits per heavy atom. The van der Waals surface area contributed by atoms with Crippen LogP contribution in [0.2, 0.25) is 0 Å². The lowest BCUT2D eigenvalue weighted by Gasteiger charge is -2.23. The second-order valence-corrected chi connectivity index (χ2v) is 4.62. The number of anilines is 2. The van der Waals surface area contributed by atoms with Crippen molar-refractivity contribution in [3.05, 3.63) is 28.3 Å². The van der Waals surface area contributed by atoms with Crippen LogP contribution in [0.1, 0.15) is 6.92 Å². The molecule has 1 atom stereocenters. The number of rotatable bonds is 9. The average Bonchev–Trinajstić information content (AvgIpc) is 2.44. The highest BCUT2D eigenvalue weighted by atomic mass is 35.5. The standard InChI is InChI=1S/C13H21N3O5.ClH/c1-10(19)9-14-12-3-2-11(8-13(12)16(20)21)15(4-6-17)5-7-18;/h2-3,8,10,14,17-19H,4-7,9H2,1H3;1H. The second kappa shape index (κ2) is 10.2. The number of nitro groups is 1. The normalized spacial score (nSPS) is 11.5. The topological polar surface area (TPSA) is 119 Å². The molecular formula is C13H22ClN3O5. The minimum absolute atomic E-state index is 0. The lowest BCUT2D eigenvalue weighted by atomic mass is 10.2. The number of hydrogen-bond donors (Lipinski definition) is 4. The zero-order valence-corrected chi connectivity index (χ0v) is 13.1. The van der Waals surface area contributed by atoms with Gasteiger partial charge in [0.1, 0.15) is 5.69 Å². The maximum atomic E-state index is 11.1. The van der Waals surface area contributed by atoms with Crippen LogP contribution in [0.4, 0.5) is 17.1 Å². The smallest absolute Gasteiger partial charge is 0.294 e. The van der Waals surface area contributed by atoms with Gasteiger partial charge in [0, 0.05) is 31.4 Å². The number of nitrogens with zero attached hydrogens (tertiary/aromatic N) is 2. The Hall–Kier alpha value is -1.61. The Bertz CT molecular complexity index is 467. The third-order valence-electron chi connectivity index (χ3n) is 2.87. The highest BCUT2D eigenvalue weighted by Gasteiger charge is 2.17. The van der Waals surface area contributed by atoms with Gasteiger partial charge in [-0.1, -0.05) is 0 Å². The molecule has 0 amide bonds. The maximum Gasteiger partial charge on any atom is 0.294 e. The van der Waals surface area contributed by atoms with Gasteiger partial charge >= 0.3 is 0 Å². The molecule has 9 heteroatoms. The highest BCUT2D eigenvalue weighted by molar-refractivity contribution is 5.85. The Kier molecular flexibility index (Phi) is 9.43. The molecule has 0 aliphatic carbocycles. The number of nitro benzene ring substituents is 1. The van der Waals surface area contributed by atoms with Gasteiger partial charge < -0.3 is 25.5 Å². The summed E-state index contributed by atoms with van der Waals surface area (Å²) in [6.07, 6.45) is -0.621. The van der Waals surface area contributed by atoms with Crippen molar-refractivity contribution in [1.82, 2.24) is 0 Å². The first kappa shape index (κ1) is 20.4. The molecule has 126 valence electrons. The van der Waals surface area contributed by atoms with Gasteiger partial charge in [-0.15, -0.1) is 12.4 Å². The quantitative estimate of drug-likeness (QED) is 0.385. The number of hydrogen-bond acceptors (Lipinski definition) is 7. The Labute approximate surface area is 134 Å². The average molecular weight is 336 g/mol. The summed E-state index contributed by atoms with van der Waals surface area (Å²) in [6.45, 7) is 2.11. The summed E-state index contributed by atoms with van der Waals surface area (Å²) < 4.78 is 0. The monoisotopic (exact) mass is 335 g/mol. The molecule has 4 N–H and O–H groups in total. The molecule has 8 nitrogen and oxygen atoms in total. The molecule has 0 aliphatic heterocycles. The first-order valence-corrected chi connectivity index (χ1v) is 6.66. The lowest BCUT2D eigenvalue weighted by Crippen LogP contribution is -2.29. The van der Waals surface area contributed by atoms with Gasteiger partial charge in [0.15, 0.2) is 0 Å². The summed E-state index contributed by atoms with van der Waals surface area (Å²) in [5.41, 5.74) is 0.749. The van der Waals surface area contributed by atoms with Gasteiger partial charge in [-0.25, -0.2) is 0 Å². The van der Waals surface area contributed by atoms with Gasteiger partial charge in [0.05, 0.1) is 24.2 Å². The third kappa shape index (κ3) is 6.02. The van der Waals surface area contributed by atoms with Crippen molar-refractivity contribution in [3.8, 4) is 0 Å². The molecule has 0 radical (unpaired) electrons.